The number of hydrogen-bond acceptors (Lipinski definition) is 2. The van der Waals surface area contributed by atoms with E-state index in [2.05, 4.69) is 6.92 Å². The number of nitrogens with zero attached hydrogens (tertiary/aromatic N) is 1. The molecule has 2 nitrogen and oxygen atoms in total. The molecule has 0 bridgehead atoms. The van der Waals surface area contributed by atoms with Gasteiger partial charge in [-0.2, -0.15) is 4.57 Å². The van der Waals surface area contributed by atoms with Crippen molar-refractivity contribution in [3.05, 3.63) is 16.6 Å². The molecular weight excluding hydrogens is 134 g/mol. The molecule has 50 valence electrons. The molecule has 0 saturated heterocycles. The molecule has 1 aromatic rings. The van der Waals surface area contributed by atoms with Crippen LogP contribution in [0, 0.1) is 6.92 Å². The van der Waals surface area contributed by atoms with Crippen LogP contribution >= 0.6 is 11.3 Å². The fraction of sp³-hybridized carbons (Fsp3) is 0.500. The molecule has 0 aromatic carbocycles. The molecule has 0 aliphatic heterocycles. The molecule has 0 spiro atoms. The topological polar surface area (TPSA) is 24.1 Å². The van der Waals surface area contributed by atoms with Crippen molar-refractivity contribution in [2.24, 2.45) is 0 Å². The monoisotopic (exact) mass is 144 g/mol. The van der Waals surface area contributed by atoms with Crippen molar-refractivity contribution in [2.45, 2.75) is 13.5 Å². The number of thiazole rings is 1. The molecule has 1 rings (SSSR count). The van der Waals surface area contributed by atoms with Gasteiger partial charge in [-0.05, 0) is 6.92 Å². The van der Waals surface area contributed by atoms with E-state index in [1.54, 1.807) is 11.3 Å². The number of aliphatic hydroxyl groups excluding tert-OH is 1. The van der Waals surface area contributed by atoms with Gasteiger partial charge in [0.2, 0.25) is 5.51 Å². The molecule has 0 amide bonds. The van der Waals surface area contributed by atoms with Gasteiger partial charge in [0.25, 0.3) is 0 Å². The van der Waals surface area contributed by atoms with Crippen molar-refractivity contribution in [1.82, 2.24) is 0 Å². The second-order valence-corrected chi connectivity index (χ2v) is 3.01. The molecule has 9 heavy (non-hydrogen) atoms. The van der Waals surface area contributed by atoms with E-state index in [4.69, 9.17) is 5.11 Å². The second kappa shape index (κ2) is 2.94. The molecular formula is C6H10NOS+. The third-order valence-electron chi connectivity index (χ3n) is 1.08. The smallest absolute Gasteiger partial charge is 0.225 e. The highest BCUT2D eigenvalue weighted by Gasteiger charge is 1.99. The van der Waals surface area contributed by atoms with Gasteiger partial charge in [0, 0.05) is 0 Å². The highest BCUT2D eigenvalue weighted by Crippen LogP contribution is 1.99. The lowest BCUT2D eigenvalue weighted by Gasteiger charge is -1.82. The Morgan fingerprint density at radius 1 is 1.78 bits per heavy atom. The summed E-state index contributed by atoms with van der Waals surface area (Å²) in [4.78, 5) is 1.28. The Morgan fingerprint density at radius 2 is 2.56 bits per heavy atom. The van der Waals surface area contributed by atoms with E-state index in [0.29, 0.717) is 6.54 Å². The predicted octanol–water partition coefficient (Wildman–Crippen LogP) is 0.336. The Bertz CT molecular complexity index is 185. The number of rotatable bonds is 2. The Morgan fingerprint density at radius 3 is 3.00 bits per heavy atom. The molecule has 0 atom stereocenters. The molecule has 1 aromatic heterocycles. The first kappa shape index (κ1) is 6.71. The quantitative estimate of drug-likeness (QED) is 0.594. The zero-order chi connectivity index (χ0) is 6.69. The van der Waals surface area contributed by atoms with E-state index in [1.807, 2.05) is 16.3 Å². The Kier molecular flexibility index (Phi) is 2.19. The third kappa shape index (κ3) is 1.77. The minimum atomic E-state index is 0.223. The summed E-state index contributed by atoms with van der Waals surface area (Å²) in [7, 11) is 0. The number of aromatic nitrogens is 1. The molecule has 1 N–H and O–H groups in total. The normalized spacial score (nSPS) is 10.0. The van der Waals surface area contributed by atoms with E-state index >= 15 is 0 Å². The Balaban J connectivity index is 2.61. The fourth-order valence-corrected chi connectivity index (χ4v) is 1.34. The van der Waals surface area contributed by atoms with Gasteiger partial charge < -0.3 is 5.11 Å². The van der Waals surface area contributed by atoms with Crippen molar-refractivity contribution in [3.63, 3.8) is 0 Å². The van der Waals surface area contributed by atoms with Crippen molar-refractivity contribution >= 4 is 11.3 Å². The standard InChI is InChI=1S/C6H10NOS/c1-6-4-7(2-3-8)5-9-6/h4-5,8H,2-3H2,1H3/q+1. The third-order valence-corrected chi connectivity index (χ3v) is 1.93. The number of hydrogen-bond donors (Lipinski definition) is 1. The van der Waals surface area contributed by atoms with Crippen LogP contribution in [0.25, 0.3) is 0 Å². The summed E-state index contributed by atoms with van der Waals surface area (Å²) in [6, 6.07) is 0. The Hall–Kier alpha value is -0.410. The lowest BCUT2D eigenvalue weighted by Crippen LogP contribution is -2.31. The van der Waals surface area contributed by atoms with Crippen LogP contribution in [-0.2, 0) is 6.54 Å². The average Bonchev–Trinajstić information content (AvgIpc) is 2.17. The second-order valence-electron chi connectivity index (χ2n) is 1.92. The zero-order valence-corrected chi connectivity index (χ0v) is 6.19. The maximum Gasteiger partial charge on any atom is 0.225 e. The SMILES string of the molecule is Cc1c[n+](CCO)cs1. The maximum atomic E-state index is 8.51. The highest BCUT2D eigenvalue weighted by molar-refractivity contribution is 7.09. The minimum Gasteiger partial charge on any atom is -0.390 e. The van der Waals surface area contributed by atoms with Crippen LogP contribution in [0.2, 0.25) is 0 Å². The molecule has 0 fully saturated rings. The van der Waals surface area contributed by atoms with Gasteiger partial charge in [0.05, 0.1) is 4.88 Å². The van der Waals surface area contributed by atoms with Gasteiger partial charge in [-0.15, -0.1) is 0 Å². The molecule has 0 radical (unpaired) electrons. The van der Waals surface area contributed by atoms with Crippen LogP contribution < -0.4 is 4.57 Å². The van der Waals surface area contributed by atoms with Gasteiger partial charge >= 0.3 is 0 Å². The van der Waals surface area contributed by atoms with Gasteiger partial charge in [-0.3, -0.25) is 0 Å². The van der Waals surface area contributed by atoms with Gasteiger partial charge in [-0.25, -0.2) is 0 Å². The first-order chi connectivity index (χ1) is 4.33. The van der Waals surface area contributed by atoms with E-state index in [1.165, 1.54) is 4.88 Å². The minimum absolute atomic E-state index is 0.223. The molecule has 0 unspecified atom stereocenters. The van der Waals surface area contributed by atoms with Crippen LogP contribution in [0.3, 0.4) is 0 Å². The van der Waals surface area contributed by atoms with Crippen LogP contribution in [0.4, 0.5) is 0 Å². The van der Waals surface area contributed by atoms with Gasteiger partial charge in [0.15, 0.2) is 12.7 Å². The van der Waals surface area contributed by atoms with Crippen molar-refractivity contribution in [3.8, 4) is 0 Å². The van der Waals surface area contributed by atoms with Crippen molar-refractivity contribution in [2.75, 3.05) is 6.61 Å². The van der Waals surface area contributed by atoms with E-state index in [9.17, 15) is 0 Å². The van der Waals surface area contributed by atoms with Crippen molar-refractivity contribution < 1.29 is 9.67 Å². The molecule has 0 aliphatic rings. The summed E-state index contributed by atoms with van der Waals surface area (Å²) < 4.78 is 1.99. The van der Waals surface area contributed by atoms with Crippen LogP contribution in [0.5, 0.6) is 0 Å². The lowest BCUT2D eigenvalue weighted by atomic mass is 10.6. The number of aryl methyl sites for hydroxylation is 1. The molecule has 0 aliphatic carbocycles. The van der Waals surface area contributed by atoms with Crippen LogP contribution in [0.1, 0.15) is 4.88 Å². The first-order valence-electron chi connectivity index (χ1n) is 2.88. The van der Waals surface area contributed by atoms with E-state index in [0.717, 1.165) is 0 Å². The number of aliphatic hydroxyl groups is 1. The van der Waals surface area contributed by atoms with Crippen LogP contribution in [0.15, 0.2) is 11.7 Å². The van der Waals surface area contributed by atoms with E-state index in [-0.39, 0.29) is 6.61 Å². The largest absolute Gasteiger partial charge is 0.390 e. The van der Waals surface area contributed by atoms with Gasteiger partial charge in [0.1, 0.15) is 6.61 Å². The summed E-state index contributed by atoms with van der Waals surface area (Å²) in [6.07, 6.45) is 2.03. The van der Waals surface area contributed by atoms with Crippen molar-refractivity contribution in [1.29, 1.82) is 0 Å². The van der Waals surface area contributed by atoms with Crippen LogP contribution in [-0.4, -0.2) is 11.7 Å². The summed E-state index contributed by atoms with van der Waals surface area (Å²) in [5.41, 5.74) is 2.01. The summed E-state index contributed by atoms with van der Waals surface area (Å²) in [6.45, 7) is 2.99. The fourth-order valence-electron chi connectivity index (χ4n) is 0.678. The summed E-state index contributed by atoms with van der Waals surface area (Å²) in [5, 5.41) is 8.51. The first-order valence-corrected chi connectivity index (χ1v) is 3.76. The highest BCUT2D eigenvalue weighted by atomic mass is 32.1. The molecule has 0 saturated carbocycles. The maximum absolute atomic E-state index is 8.51. The van der Waals surface area contributed by atoms with Gasteiger partial charge in [-0.1, -0.05) is 11.3 Å². The predicted molar refractivity (Wildman–Crippen MR) is 36.3 cm³/mol. The molecule has 3 heteroatoms. The Labute approximate surface area is 58.4 Å². The summed E-state index contributed by atoms with van der Waals surface area (Å²) >= 11 is 1.70. The van der Waals surface area contributed by atoms with E-state index < -0.39 is 0 Å². The lowest BCUT2D eigenvalue weighted by molar-refractivity contribution is -0.693. The molecule has 1 heterocycles. The summed E-state index contributed by atoms with van der Waals surface area (Å²) in [5.74, 6) is 0. The zero-order valence-electron chi connectivity index (χ0n) is 5.37. The average molecular weight is 144 g/mol.